The molecule has 16 heavy (non-hydrogen) atoms. The van der Waals surface area contributed by atoms with Crippen molar-refractivity contribution in [1.82, 2.24) is 5.32 Å². The summed E-state index contributed by atoms with van der Waals surface area (Å²) in [6.07, 6.45) is 0.403. The first-order valence-corrected chi connectivity index (χ1v) is 5.90. The minimum atomic E-state index is -0.127. The van der Waals surface area contributed by atoms with Crippen molar-refractivity contribution in [2.24, 2.45) is 0 Å². The lowest BCUT2D eigenvalue weighted by atomic mass is 10.0. The van der Waals surface area contributed by atoms with Crippen molar-refractivity contribution in [1.29, 1.82) is 0 Å². The van der Waals surface area contributed by atoms with Gasteiger partial charge in [-0.2, -0.15) is 0 Å². The van der Waals surface area contributed by atoms with E-state index in [-0.39, 0.29) is 11.8 Å². The van der Waals surface area contributed by atoms with Crippen molar-refractivity contribution in [2.75, 3.05) is 14.2 Å². The number of hydrogen-bond acceptors (Lipinski definition) is 3. The number of likely N-dealkylation sites (N-methyl/N-ethyl adjacent to an activating group) is 1. The Balaban J connectivity index is 2.83. The summed E-state index contributed by atoms with van der Waals surface area (Å²) in [4.78, 5) is 11.8. The Morgan fingerprint density at radius 3 is 2.81 bits per heavy atom. The summed E-state index contributed by atoms with van der Waals surface area (Å²) in [7, 11) is 3.40. The summed E-state index contributed by atoms with van der Waals surface area (Å²) < 4.78 is 6.07. The zero-order valence-electron chi connectivity index (χ0n) is 9.71. The molecule has 0 radical (unpaired) electrons. The van der Waals surface area contributed by atoms with Gasteiger partial charge in [-0.3, -0.25) is 4.79 Å². The molecule has 1 aromatic rings. The predicted molar refractivity (Wildman–Crippen MR) is 67.9 cm³/mol. The van der Waals surface area contributed by atoms with Crippen LogP contribution in [0.4, 0.5) is 0 Å². The zero-order chi connectivity index (χ0) is 12.1. The highest BCUT2D eigenvalue weighted by molar-refractivity contribution is 9.10. The van der Waals surface area contributed by atoms with Crippen LogP contribution in [-0.4, -0.2) is 26.0 Å². The molecule has 1 rings (SSSR count). The number of rotatable bonds is 5. The van der Waals surface area contributed by atoms with Gasteiger partial charge in [-0.1, -0.05) is 15.9 Å². The molecule has 0 amide bonds. The Hall–Kier alpha value is -0.870. The Morgan fingerprint density at radius 1 is 1.56 bits per heavy atom. The highest BCUT2D eigenvalue weighted by Gasteiger charge is 2.13. The third-order valence-corrected chi connectivity index (χ3v) is 3.31. The number of ketones is 1. The summed E-state index contributed by atoms with van der Waals surface area (Å²) in [5.41, 5.74) is 0.950. The van der Waals surface area contributed by atoms with Crippen LogP contribution in [0.5, 0.6) is 5.75 Å². The van der Waals surface area contributed by atoms with Gasteiger partial charge in [0, 0.05) is 10.9 Å². The smallest absolute Gasteiger partial charge is 0.153 e. The fraction of sp³-hybridized carbons (Fsp3) is 0.417. The van der Waals surface area contributed by atoms with Crippen LogP contribution in [0, 0.1) is 0 Å². The molecule has 1 aromatic carbocycles. The topological polar surface area (TPSA) is 38.3 Å². The van der Waals surface area contributed by atoms with Crippen LogP contribution in [0.15, 0.2) is 22.7 Å². The first kappa shape index (κ1) is 13.2. The number of Topliss-reactive ketones (excluding diaryl/α,β-unsaturated/α-hetero) is 1. The minimum Gasteiger partial charge on any atom is -0.497 e. The molecule has 0 aromatic heterocycles. The number of carbonyl (C=O) groups is 1. The maximum absolute atomic E-state index is 11.8. The summed E-state index contributed by atoms with van der Waals surface area (Å²) in [5, 5.41) is 2.94. The van der Waals surface area contributed by atoms with E-state index < -0.39 is 0 Å². The van der Waals surface area contributed by atoms with Gasteiger partial charge in [0.15, 0.2) is 5.78 Å². The van der Waals surface area contributed by atoms with Crippen molar-refractivity contribution < 1.29 is 9.53 Å². The molecule has 1 atom stereocenters. The van der Waals surface area contributed by atoms with E-state index in [1.165, 1.54) is 0 Å². The second kappa shape index (κ2) is 6.01. The lowest BCUT2D eigenvalue weighted by Gasteiger charge is -2.11. The summed E-state index contributed by atoms with van der Waals surface area (Å²) in [6.45, 7) is 1.86. The van der Waals surface area contributed by atoms with Crippen LogP contribution in [0.25, 0.3) is 0 Å². The second-order valence-electron chi connectivity index (χ2n) is 3.61. The molecule has 4 heteroatoms. The van der Waals surface area contributed by atoms with E-state index in [0.717, 1.165) is 15.8 Å². The van der Waals surface area contributed by atoms with Crippen molar-refractivity contribution in [3.8, 4) is 5.75 Å². The molecule has 0 saturated heterocycles. The van der Waals surface area contributed by atoms with Gasteiger partial charge < -0.3 is 10.1 Å². The van der Waals surface area contributed by atoms with Gasteiger partial charge in [0.2, 0.25) is 0 Å². The second-order valence-corrected chi connectivity index (χ2v) is 4.47. The van der Waals surface area contributed by atoms with Gasteiger partial charge >= 0.3 is 0 Å². The normalized spacial score (nSPS) is 12.2. The molecule has 1 unspecified atom stereocenters. The number of benzene rings is 1. The van der Waals surface area contributed by atoms with Gasteiger partial charge in [0.1, 0.15) is 5.75 Å². The fourth-order valence-corrected chi connectivity index (χ4v) is 1.70. The SMILES string of the molecule is CNC(C)C(=O)Cc1cc(OC)ccc1Br. The first-order valence-electron chi connectivity index (χ1n) is 5.11. The molecule has 0 aliphatic carbocycles. The quantitative estimate of drug-likeness (QED) is 0.901. The standard InChI is InChI=1S/C12H16BrNO2/c1-8(14-2)12(15)7-9-6-10(16-3)4-5-11(9)13/h4-6,8,14H,7H2,1-3H3. The van der Waals surface area contributed by atoms with Crippen molar-refractivity contribution in [3.05, 3.63) is 28.2 Å². The van der Waals surface area contributed by atoms with Crippen LogP contribution < -0.4 is 10.1 Å². The number of carbonyl (C=O) groups excluding carboxylic acids is 1. The van der Waals surface area contributed by atoms with Crippen molar-refractivity contribution in [3.63, 3.8) is 0 Å². The molecule has 1 N–H and O–H groups in total. The largest absolute Gasteiger partial charge is 0.497 e. The highest BCUT2D eigenvalue weighted by Crippen LogP contribution is 2.23. The lowest BCUT2D eigenvalue weighted by Crippen LogP contribution is -2.31. The molecular formula is C12H16BrNO2. The third kappa shape index (κ3) is 3.32. The molecule has 0 aliphatic heterocycles. The van der Waals surface area contributed by atoms with Crippen molar-refractivity contribution >= 4 is 21.7 Å². The van der Waals surface area contributed by atoms with Gasteiger partial charge in [-0.15, -0.1) is 0 Å². The van der Waals surface area contributed by atoms with E-state index in [4.69, 9.17) is 4.74 Å². The maximum Gasteiger partial charge on any atom is 0.153 e. The highest BCUT2D eigenvalue weighted by atomic mass is 79.9. The number of nitrogens with one attached hydrogen (secondary N) is 1. The average molecular weight is 286 g/mol. The lowest BCUT2D eigenvalue weighted by molar-refractivity contribution is -0.119. The molecule has 3 nitrogen and oxygen atoms in total. The molecule has 0 bridgehead atoms. The van der Waals surface area contributed by atoms with Crippen LogP contribution in [0.3, 0.4) is 0 Å². The van der Waals surface area contributed by atoms with Crippen LogP contribution in [0.1, 0.15) is 12.5 Å². The molecule has 0 aliphatic rings. The van der Waals surface area contributed by atoms with E-state index >= 15 is 0 Å². The number of ether oxygens (including phenoxy) is 1. The summed E-state index contributed by atoms with van der Waals surface area (Å²) in [5.74, 6) is 0.930. The Morgan fingerprint density at radius 2 is 2.25 bits per heavy atom. The molecule has 88 valence electrons. The summed E-state index contributed by atoms with van der Waals surface area (Å²) >= 11 is 3.43. The molecule has 0 spiro atoms. The van der Waals surface area contributed by atoms with Gasteiger partial charge in [0.25, 0.3) is 0 Å². The summed E-state index contributed by atoms with van der Waals surface area (Å²) in [6, 6.07) is 5.51. The number of methoxy groups -OCH3 is 1. The van der Waals surface area contributed by atoms with Crippen LogP contribution in [-0.2, 0) is 11.2 Å². The van der Waals surface area contributed by atoms with E-state index in [1.54, 1.807) is 14.2 Å². The third-order valence-electron chi connectivity index (χ3n) is 2.53. The first-order chi connectivity index (χ1) is 7.58. The molecule has 0 fully saturated rings. The predicted octanol–water partition coefficient (Wildman–Crippen LogP) is 2.18. The Labute approximate surface area is 104 Å². The molecule has 0 saturated carbocycles. The van der Waals surface area contributed by atoms with Gasteiger partial charge in [-0.05, 0) is 37.7 Å². The van der Waals surface area contributed by atoms with E-state index in [0.29, 0.717) is 6.42 Å². The van der Waals surface area contributed by atoms with Crippen LogP contribution in [0.2, 0.25) is 0 Å². The molecular weight excluding hydrogens is 270 g/mol. The number of hydrogen-bond donors (Lipinski definition) is 1. The monoisotopic (exact) mass is 285 g/mol. The van der Waals surface area contributed by atoms with Crippen molar-refractivity contribution in [2.45, 2.75) is 19.4 Å². The molecule has 0 heterocycles. The number of halogens is 1. The van der Waals surface area contributed by atoms with E-state index in [2.05, 4.69) is 21.2 Å². The minimum absolute atomic E-state index is 0.127. The van der Waals surface area contributed by atoms with E-state index in [9.17, 15) is 4.79 Å². The average Bonchev–Trinajstić information content (AvgIpc) is 2.30. The maximum atomic E-state index is 11.8. The van der Waals surface area contributed by atoms with Gasteiger partial charge in [-0.25, -0.2) is 0 Å². The zero-order valence-corrected chi connectivity index (χ0v) is 11.3. The van der Waals surface area contributed by atoms with Gasteiger partial charge in [0.05, 0.1) is 13.2 Å². The fourth-order valence-electron chi connectivity index (χ4n) is 1.32. The Kier molecular flexibility index (Phi) is 4.96. The Bertz CT molecular complexity index is 379. The van der Waals surface area contributed by atoms with Crippen LogP contribution >= 0.6 is 15.9 Å². The van der Waals surface area contributed by atoms with E-state index in [1.807, 2.05) is 25.1 Å².